The topological polar surface area (TPSA) is 12.0 Å². The van der Waals surface area contributed by atoms with Gasteiger partial charge in [0.25, 0.3) is 0 Å². The molecule has 1 fully saturated rings. The van der Waals surface area contributed by atoms with E-state index < -0.39 is 0 Å². The van der Waals surface area contributed by atoms with Crippen LogP contribution in [0.15, 0.2) is 18.2 Å². The van der Waals surface area contributed by atoms with Crippen molar-refractivity contribution in [2.45, 2.75) is 46.1 Å². The Morgan fingerprint density at radius 3 is 2.62 bits per heavy atom. The average Bonchev–Trinajstić information content (AvgIpc) is 3.05. The molecule has 0 amide bonds. The van der Waals surface area contributed by atoms with Crippen LogP contribution in [0.4, 0.5) is 0 Å². The highest BCUT2D eigenvalue weighted by Crippen LogP contribution is 2.41. The number of aryl methyl sites for hydroxylation is 2. The predicted molar refractivity (Wildman–Crippen MR) is 69.7 cm³/mol. The lowest BCUT2D eigenvalue weighted by atomic mass is 9.96. The van der Waals surface area contributed by atoms with E-state index in [2.05, 4.69) is 44.3 Å². The third kappa shape index (κ3) is 2.65. The fraction of sp³-hybridized carbons (Fsp3) is 0.600. The summed E-state index contributed by atoms with van der Waals surface area (Å²) in [5, 5.41) is 3.71. The predicted octanol–water partition coefficient (Wildman–Crippen LogP) is 3.75. The normalized spacial score (nSPS) is 17.4. The van der Waals surface area contributed by atoms with Gasteiger partial charge in [0.15, 0.2) is 0 Å². The van der Waals surface area contributed by atoms with Gasteiger partial charge in [0.05, 0.1) is 0 Å². The van der Waals surface area contributed by atoms with Crippen LogP contribution in [0.1, 0.15) is 48.9 Å². The van der Waals surface area contributed by atoms with Crippen molar-refractivity contribution in [3.05, 3.63) is 34.9 Å². The van der Waals surface area contributed by atoms with Gasteiger partial charge in [0, 0.05) is 6.04 Å². The fourth-order valence-corrected chi connectivity index (χ4v) is 2.43. The van der Waals surface area contributed by atoms with E-state index in [9.17, 15) is 0 Å². The van der Waals surface area contributed by atoms with E-state index in [1.807, 2.05) is 0 Å². The van der Waals surface area contributed by atoms with Crippen LogP contribution in [-0.2, 0) is 0 Å². The largest absolute Gasteiger partial charge is 0.310 e. The van der Waals surface area contributed by atoms with Crippen LogP contribution in [0, 0.1) is 19.8 Å². The molecule has 0 radical (unpaired) electrons. The Balaban J connectivity index is 2.17. The third-order valence-corrected chi connectivity index (χ3v) is 3.47. The summed E-state index contributed by atoms with van der Waals surface area (Å²) in [7, 11) is 0. The van der Waals surface area contributed by atoms with Crippen molar-refractivity contribution >= 4 is 0 Å². The minimum Gasteiger partial charge on any atom is -0.310 e. The standard InChI is InChI=1S/C15H23N/c1-4-9-16-15(13-6-7-13)14-8-5-11(2)10-12(14)3/h5,8,10,13,15-16H,4,6-7,9H2,1-3H3. The molecular formula is C15H23N. The molecule has 0 heterocycles. The second-order valence-corrected chi connectivity index (χ2v) is 5.13. The highest BCUT2D eigenvalue weighted by molar-refractivity contribution is 5.33. The van der Waals surface area contributed by atoms with Gasteiger partial charge >= 0.3 is 0 Å². The van der Waals surface area contributed by atoms with Gasteiger partial charge in [-0.2, -0.15) is 0 Å². The molecule has 1 aliphatic rings. The Bertz CT molecular complexity index is 352. The van der Waals surface area contributed by atoms with Crippen LogP contribution >= 0.6 is 0 Å². The molecule has 1 aromatic carbocycles. The first kappa shape index (κ1) is 11.7. The maximum atomic E-state index is 3.71. The van der Waals surface area contributed by atoms with Gasteiger partial charge in [-0.1, -0.05) is 30.7 Å². The molecule has 0 saturated heterocycles. The Morgan fingerprint density at radius 1 is 1.31 bits per heavy atom. The van der Waals surface area contributed by atoms with Crippen molar-refractivity contribution in [2.75, 3.05) is 6.54 Å². The van der Waals surface area contributed by atoms with Crippen molar-refractivity contribution in [3.63, 3.8) is 0 Å². The summed E-state index contributed by atoms with van der Waals surface area (Å²) in [4.78, 5) is 0. The molecule has 0 bridgehead atoms. The van der Waals surface area contributed by atoms with Gasteiger partial charge in [0.2, 0.25) is 0 Å². The molecule has 2 rings (SSSR count). The highest BCUT2D eigenvalue weighted by atomic mass is 14.9. The first-order valence-electron chi connectivity index (χ1n) is 6.53. The first-order valence-corrected chi connectivity index (χ1v) is 6.53. The van der Waals surface area contributed by atoms with Crippen molar-refractivity contribution < 1.29 is 0 Å². The lowest BCUT2D eigenvalue weighted by Gasteiger charge is -2.21. The summed E-state index contributed by atoms with van der Waals surface area (Å²) in [6, 6.07) is 7.46. The number of rotatable bonds is 5. The van der Waals surface area contributed by atoms with Gasteiger partial charge in [-0.15, -0.1) is 0 Å². The van der Waals surface area contributed by atoms with Crippen LogP contribution in [0.25, 0.3) is 0 Å². The summed E-state index contributed by atoms with van der Waals surface area (Å²) < 4.78 is 0. The maximum absolute atomic E-state index is 3.71. The van der Waals surface area contributed by atoms with E-state index in [1.54, 1.807) is 0 Å². The molecule has 0 aliphatic heterocycles. The summed E-state index contributed by atoms with van der Waals surface area (Å²) in [5.74, 6) is 0.882. The van der Waals surface area contributed by atoms with Gasteiger partial charge in [-0.3, -0.25) is 0 Å². The highest BCUT2D eigenvalue weighted by Gasteiger charge is 2.32. The molecule has 1 aliphatic carbocycles. The lowest BCUT2D eigenvalue weighted by Crippen LogP contribution is -2.24. The molecule has 1 unspecified atom stereocenters. The van der Waals surface area contributed by atoms with E-state index in [4.69, 9.17) is 0 Å². The van der Waals surface area contributed by atoms with Crippen LogP contribution < -0.4 is 5.32 Å². The Kier molecular flexibility index (Phi) is 3.65. The zero-order valence-electron chi connectivity index (χ0n) is 10.7. The Labute approximate surface area is 99.3 Å². The minimum atomic E-state index is 0.598. The van der Waals surface area contributed by atoms with Gasteiger partial charge in [-0.25, -0.2) is 0 Å². The number of benzene rings is 1. The van der Waals surface area contributed by atoms with Crippen molar-refractivity contribution in [2.24, 2.45) is 5.92 Å². The molecule has 16 heavy (non-hydrogen) atoms. The van der Waals surface area contributed by atoms with Crippen molar-refractivity contribution in [1.82, 2.24) is 5.32 Å². The summed E-state index contributed by atoms with van der Waals surface area (Å²) >= 11 is 0. The first-order chi connectivity index (χ1) is 7.72. The third-order valence-electron chi connectivity index (χ3n) is 3.47. The summed E-state index contributed by atoms with van der Waals surface area (Å²) in [6.45, 7) is 7.78. The van der Waals surface area contributed by atoms with E-state index in [-0.39, 0.29) is 0 Å². The number of nitrogens with one attached hydrogen (secondary N) is 1. The molecule has 0 aromatic heterocycles. The summed E-state index contributed by atoms with van der Waals surface area (Å²) in [5.41, 5.74) is 4.33. The van der Waals surface area contributed by atoms with Crippen LogP contribution in [0.2, 0.25) is 0 Å². The van der Waals surface area contributed by atoms with Gasteiger partial charge in [-0.05, 0) is 56.7 Å². The molecule has 88 valence electrons. The Hall–Kier alpha value is -0.820. The second kappa shape index (κ2) is 5.01. The molecule has 1 heteroatoms. The molecule has 1 saturated carbocycles. The van der Waals surface area contributed by atoms with Crippen molar-refractivity contribution in [1.29, 1.82) is 0 Å². The molecular weight excluding hydrogens is 194 g/mol. The maximum Gasteiger partial charge on any atom is 0.0351 e. The SMILES string of the molecule is CCCNC(c1ccc(C)cc1C)C1CC1. The van der Waals surface area contributed by atoms with Crippen LogP contribution in [-0.4, -0.2) is 6.54 Å². The molecule has 1 N–H and O–H groups in total. The molecule has 0 spiro atoms. The zero-order valence-corrected chi connectivity index (χ0v) is 10.7. The lowest BCUT2D eigenvalue weighted by molar-refractivity contribution is 0.479. The van der Waals surface area contributed by atoms with Gasteiger partial charge in [0.1, 0.15) is 0 Å². The van der Waals surface area contributed by atoms with E-state index in [1.165, 1.54) is 36.0 Å². The van der Waals surface area contributed by atoms with Gasteiger partial charge < -0.3 is 5.32 Å². The smallest absolute Gasteiger partial charge is 0.0351 e. The zero-order chi connectivity index (χ0) is 11.5. The van der Waals surface area contributed by atoms with E-state index in [0.717, 1.165) is 12.5 Å². The monoisotopic (exact) mass is 217 g/mol. The minimum absolute atomic E-state index is 0.598. The summed E-state index contributed by atoms with van der Waals surface area (Å²) in [6.07, 6.45) is 4.01. The molecule has 1 atom stereocenters. The quantitative estimate of drug-likeness (QED) is 0.792. The molecule has 1 aromatic rings. The van der Waals surface area contributed by atoms with E-state index in [0.29, 0.717) is 6.04 Å². The van der Waals surface area contributed by atoms with Crippen LogP contribution in [0.5, 0.6) is 0 Å². The number of hydrogen-bond donors (Lipinski definition) is 1. The average molecular weight is 217 g/mol. The number of hydrogen-bond acceptors (Lipinski definition) is 1. The van der Waals surface area contributed by atoms with E-state index >= 15 is 0 Å². The van der Waals surface area contributed by atoms with Crippen molar-refractivity contribution in [3.8, 4) is 0 Å². The Morgan fingerprint density at radius 2 is 2.06 bits per heavy atom. The molecule has 1 nitrogen and oxygen atoms in total. The van der Waals surface area contributed by atoms with Crippen LogP contribution in [0.3, 0.4) is 0 Å². The fourth-order valence-electron chi connectivity index (χ4n) is 2.43. The second-order valence-electron chi connectivity index (χ2n) is 5.13.